The number of methoxy groups -OCH3 is 1. The molecule has 1 aliphatic heterocycles. The van der Waals surface area contributed by atoms with E-state index >= 15 is 0 Å². The molecule has 3 rings (SSSR count). The lowest BCUT2D eigenvalue weighted by Gasteiger charge is -2.36. The number of nitro groups is 1. The van der Waals surface area contributed by atoms with Crippen LogP contribution in [0.5, 0.6) is 5.75 Å². The molecule has 0 aromatic heterocycles. The molecule has 0 atom stereocenters. The smallest absolute Gasteiger partial charge is 0.331 e. The van der Waals surface area contributed by atoms with Gasteiger partial charge in [-0.05, 0) is 18.9 Å². The van der Waals surface area contributed by atoms with Crippen LogP contribution in [0.4, 0.5) is 11.4 Å². The predicted octanol–water partition coefficient (Wildman–Crippen LogP) is 1.31. The van der Waals surface area contributed by atoms with Crippen LogP contribution in [0.2, 0.25) is 0 Å². The maximum absolute atomic E-state index is 12.7. The van der Waals surface area contributed by atoms with Crippen LogP contribution in [0.15, 0.2) is 18.2 Å². The van der Waals surface area contributed by atoms with Crippen LogP contribution in [0.1, 0.15) is 32.1 Å². The summed E-state index contributed by atoms with van der Waals surface area (Å²) in [6.45, 7) is -0.657. The summed E-state index contributed by atoms with van der Waals surface area (Å²) >= 11 is 0. The average molecular weight is 391 g/mol. The Bertz CT molecular complexity index is 817. The topological polar surface area (TPSA) is 128 Å². The Morgan fingerprint density at radius 1 is 1.32 bits per heavy atom. The number of nitrogens with zero attached hydrogens (tertiary/aromatic N) is 2. The van der Waals surface area contributed by atoms with Crippen molar-refractivity contribution in [2.45, 2.75) is 37.6 Å². The van der Waals surface area contributed by atoms with Crippen LogP contribution in [0, 0.1) is 10.1 Å². The lowest BCUT2D eigenvalue weighted by molar-refractivity contribution is -0.384. The molecule has 1 N–H and O–H groups in total. The highest BCUT2D eigenvalue weighted by Gasteiger charge is 2.42. The van der Waals surface area contributed by atoms with Crippen molar-refractivity contribution in [3.8, 4) is 5.75 Å². The van der Waals surface area contributed by atoms with E-state index in [1.165, 1.54) is 25.3 Å². The molecule has 0 radical (unpaired) electrons. The number of benzene rings is 1. The second kappa shape index (κ2) is 7.83. The Labute approximate surface area is 160 Å². The summed E-state index contributed by atoms with van der Waals surface area (Å²) in [5.74, 6) is -1.28. The van der Waals surface area contributed by atoms with Gasteiger partial charge in [0.05, 0.1) is 17.7 Å². The molecule has 1 saturated carbocycles. The summed E-state index contributed by atoms with van der Waals surface area (Å²) in [6.07, 6.45) is 3.45. The third-order valence-corrected chi connectivity index (χ3v) is 5.06. The van der Waals surface area contributed by atoms with E-state index in [2.05, 4.69) is 5.32 Å². The van der Waals surface area contributed by atoms with Crippen LogP contribution in [0.25, 0.3) is 0 Å². The number of amides is 2. The quantitative estimate of drug-likeness (QED) is 0.455. The lowest BCUT2D eigenvalue weighted by atomic mass is 9.81. The first-order valence-electron chi connectivity index (χ1n) is 8.97. The number of non-ortho nitro benzene ring substituents is 1. The largest absolute Gasteiger partial charge is 0.482 e. The van der Waals surface area contributed by atoms with E-state index in [1.807, 2.05) is 0 Å². The van der Waals surface area contributed by atoms with Crippen molar-refractivity contribution in [1.29, 1.82) is 0 Å². The minimum absolute atomic E-state index is 0.149. The molecule has 1 aromatic carbocycles. The zero-order valence-corrected chi connectivity index (χ0v) is 15.4. The molecule has 2 aliphatic rings. The first-order valence-corrected chi connectivity index (χ1v) is 8.97. The molecular weight excluding hydrogens is 370 g/mol. The van der Waals surface area contributed by atoms with Gasteiger partial charge in [-0.2, -0.15) is 0 Å². The molecule has 1 aromatic rings. The molecule has 2 amide bonds. The van der Waals surface area contributed by atoms with Gasteiger partial charge < -0.3 is 14.8 Å². The SMILES string of the molecule is COC(=O)C1(NC(=O)CN2C(=O)COc3ccc([N+](=O)[O-])cc32)CCCCC1. The number of hydrogen-bond acceptors (Lipinski definition) is 7. The number of rotatable bonds is 5. The van der Waals surface area contributed by atoms with Crippen LogP contribution in [0.3, 0.4) is 0 Å². The van der Waals surface area contributed by atoms with E-state index in [0.29, 0.717) is 12.8 Å². The van der Waals surface area contributed by atoms with Crippen molar-refractivity contribution < 1.29 is 28.8 Å². The van der Waals surface area contributed by atoms with E-state index in [4.69, 9.17) is 9.47 Å². The van der Waals surface area contributed by atoms with Crippen molar-refractivity contribution in [1.82, 2.24) is 5.32 Å². The van der Waals surface area contributed by atoms with Gasteiger partial charge in [0.2, 0.25) is 5.91 Å². The fourth-order valence-corrected chi connectivity index (χ4v) is 3.66. The number of nitro benzene ring substituents is 1. The highest BCUT2D eigenvalue weighted by molar-refractivity contribution is 6.03. The number of carbonyl (C=O) groups is 3. The molecule has 10 nitrogen and oxygen atoms in total. The summed E-state index contributed by atoms with van der Waals surface area (Å²) in [5, 5.41) is 13.8. The van der Waals surface area contributed by atoms with Gasteiger partial charge >= 0.3 is 5.97 Å². The van der Waals surface area contributed by atoms with Crippen LogP contribution < -0.4 is 15.0 Å². The van der Waals surface area contributed by atoms with Gasteiger partial charge in [0.1, 0.15) is 17.8 Å². The van der Waals surface area contributed by atoms with E-state index in [1.54, 1.807) is 0 Å². The number of hydrogen-bond donors (Lipinski definition) is 1. The van der Waals surface area contributed by atoms with E-state index in [9.17, 15) is 24.5 Å². The Morgan fingerprint density at radius 3 is 2.68 bits per heavy atom. The number of carbonyl (C=O) groups excluding carboxylic acids is 3. The highest BCUT2D eigenvalue weighted by atomic mass is 16.6. The van der Waals surface area contributed by atoms with E-state index in [0.717, 1.165) is 24.2 Å². The first kappa shape index (κ1) is 19.6. The van der Waals surface area contributed by atoms with Gasteiger partial charge in [-0.1, -0.05) is 19.3 Å². The van der Waals surface area contributed by atoms with Gasteiger partial charge in [-0.3, -0.25) is 24.6 Å². The summed E-state index contributed by atoms with van der Waals surface area (Å²) in [4.78, 5) is 48.9. The normalized spacial score (nSPS) is 17.9. The molecule has 150 valence electrons. The number of anilines is 1. The average Bonchev–Trinajstić information content (AvgIpc) is 2.69. The molecule has 10 heteroatoms. The second-order valence-corrected chi connectivity index (χ2v) is 6.86. The van der Waals surface area contributed by atoms with Gasteiger partial charge in [0.15, 0.2) is 6.61 Å². The minimum atomic E-state index is -1.11. The van der Waals surface area contributed by atoms with E-state index in [-0.39, 0.29) is 30.3 Å². The summed E-state index contributed by atoms with van der Waals surface area (Å²) in [7, 11) is 1.27. The summed E-state index contributed by atoms with van der Waals surface area (Å²) in [5.41, 5.74) is -1.18. The van der Waals surface area contributed by atoms with Crippen LogP contribution in [-0.2, 0) is 19.1 Å². The standard InChI is InChI=1S/C18H21N3O7/c1-27-17(24)18(7-3-2-4-8-18)19-15(22)10-20-13-9-12(21(25)26)5-6-14(13)28-11-16(20)23/h5-6,9H,2-4,7-8,10-11H2,1H3,(H,19,22). The van der Waals surface area contributed by atoms with Crippen molar-refractivity contribution in [3.05, 3.63) is 28.3 Å². The lowest BCUT2D eigenvalue weighted by Crippen LogP contribution is -2.58. The fraction of sp³-hybridized carbons (Fsp3) is 0.500. The first-order chi connectivity index (χ1) is 13.4. The molecule has 28 heavy (non-hydrogen) atoms. The molecule has 0 bridgehead atoms. The number of nitrogens with one attached hydrogen (secondary N) is 1. The van der Waals surface area contributed by atoms with Gasteiger partial charge in [0, 0.05) is 12.1 Å². The van der Waals surface area contributed by atoms with Crippen LogP contribution >= 0.6 is 0 Å². The molecule has 1 aliphatic carbocycles. The third kappa shape index (κ3) is 3.75. The Hall–Kier alpha value is -3.17. The number of ether oxygens (including phenoxy) is 2. The van der Waals surface area contributed by atoms with Crippen molar-refractivity contribution in [3.63, 3.8) is 0 Å². The molecule has 1 fully saturated rings. The molecule has 0 saturated heterocycles. The Morgan fingerprint density at radius 2 is 2.04 bits per heavy atom. The van der Waals surface area contributed by atoms with Gasteiger partial charge in [-0.25, -0.2) is 4.79 Å². The Balaban J connectivity index is 1.82. The molecular formula is C18H21N3O7. The van der Waals surface area contributed by atoms with E-state index < -0.39 is 28.2 Å². The number of esters is 1. The fourth-order valence-electron chi connectivity index (χ4n) is 3.66. The number of fused-ring (bicyclic) bond motifs is 1. The summed E-state index contributed by atoms with van der Waals surface area (Å²) < 4.78 is 10.2. The van der Waals surface area contributed by atoms with Crippen LogP contribution in [-0.4, -0.2) is 48.5 Å². The monoisotopic (exact) mass is 391 g/mol. The predicted molar refractivity (Wildman–Crippen MR) is 96.9 cm³/mol. The zero-order chi connectivity index (χ0) is 20.3. The van der Waals surface area contributed by atoms with Crippen molar-refractivity contribution in [2.75, 3.05) is 25.2 Å². The molecule has 0 unspecified atom stereocenters. The Kier molecular flexibility index (Phi) is 5.48. The van der Waals surface area contributed by atoms with Crippen molar-refractivity contribution >= 4 is 29.2 Å². The van der Waals surface area contributed by atoms with Crippen molar-refractivity contribution in [2.24, 2.45) is 0 Å². The minimum Gasteiger partial charge on any atom is -0.482 e. The van der Waals surface area contributed by atoms with Gasteiger partial charge in [0.25, 0.3) is 11.6 Å². The maximum Gasteiger partial charge on any atom is 0.331 e. The zero-order valence-electron chi connectivity index (χ0n) is 15.4. The molecule has 0 spiro atoms. The third-order valence-electron chi connectivity index (χ3n) is 5.06. The maximum atomic E-state index is 12.7. The molecule has 1 heterocycles. The van der Waals surface area contributed by atoms with Gasteiger partial charge in [-0.15, -0.1) is 0 Å². The second-order valence-electron chi connectivity index (χ2n) is 6.86. The summed E-state index contributed by atoms with van der Waals surface area (Å²) in [6, 6.07) is 3.85. The highest BCUT2D eigenvalue weighted by Crippen LogP contribution is 2.35.